The quantitative estimate of drug-likeness (QED) is 0.855. The standard InChI is InChI=1S/C22H26O2/c1-17(20(23)21(2,3)4)22(24,19-13-9-6-10-14-19)16-15-18-11-7-5-8-12-18/h5-17,24H,1-4H3/b16-15+/t17-,22-/m1/s1. The molecule has 0 radical (unpaired) electrons. The molecular weight excluding hydrogens is 296 g/mol. The summed E-state index contributed by atoms with van der Waals surface area (Å²) in [6.07, 6.45) is 3.62. The van der Waals surface area contributed by atoms with Crippen LogP contribution in [0.5, 0.6) is 0 Å². The Bertz CT molecular complexity index is 696. The van der Waals surface area contributed by atoms with Crippen LogP contribution in [0.2, 0.25) is 0 Å². The van der Waals surface area contributed by atoms with E-state index in [1.807, 2.05) is 87.5 Å². The summed E-state index contributed by atoms with van der Waals surface area (Å²) in [6, 6.07) is 19.2. The van der Waals surface area contributed by atoms with Crippen molar-refractivity contribution in [2.45, 2.75) is 33.3 Å². The number of Topliss-reactive ketones (excluding diaryl/α,β-unsaturated/α-hetero) is 1. The average Bonchev–Trinajstić information content (AvgIpc) is 2.59. The molecule has 0 aliphatic carbocycles. The number of hydrogen-bond acceptors (Lipinski definition) is 2. The van der Waals surface area contributed by atoms with Crippen LogP contribution in [-0.4, -0.2) is 10.9 Å². The summed E-state index contributed by atoms with van der Waals surface area (Å²) in [4.78, 5) is 12.8. The first kappa shape index (κ1) is 18.2. The van der Waals surface area contributed by atoms with E-state index >= 15 is 0 Å². The minimum absolute atomic E-state index is 0.0339. The fourth-order valence-corrected chi connectivity index (χ4v) is 2.83. The predicted octanol–water partition coefficient (Wildman–Crippen LogP) is 4.84. The van der Waals surface area contributed by atoms with Crippen molar-refractivity contribution in [2.75, 3.05) is 0 Å². The van der Waals surface area contributed by atoms with Gasteiger partial charge in [-0.2, -0.15) is 0 Å². The Morgan fingerprint density at radius 1 is 0.958 bits per heavy atom. The maximum atomic E-state index is 12.8. The zero-order chi connectivity index (χ0) is 17.8. The molecule has 0 aliphatic rings. The number of rotatable bonds is 5. The van der Waals surface area contributed by atoms with Crippen LogP contribution in [0.3, 0.4) is 0 Å². The SMILES string of the molecule is C[C@H](C(=O)C(C)(C)C)[C@](O)(/C=C/c1ccccc1)c1ccccc1. The molecule has 2 aromatic carbocycles. The van der Waals surface area contributed by atoms with E-state index in [1.54, 1.807) is 13.0 Å². The van der Waals surface area contributed by atoms with E-state index in [9.17, 15) is 9.90 Å². The van der Waals surface area contributed by atoms with Crippen molar-refractivity contribution in [2.24, 2.45) is 11.3 Å². The van der Waals surface area contributed by atoms with Crippen molar-refractivity contribution >= 4 is 11.9 Å². The molecule has 24 heavy (non-hydrogen) atoms. The van der Waals surface area contributed by atoms with Crippen molar-refractivity contribution in [1.82, 2.24) is 0 Å². The number of hydrogen-bond donors (Lipinski definition) is 1. The highest BCUT2D eigenvalue weighted by molar-refractivity contribution is 5.87. The van der Waals surface area contributed by atoms with Gasteiger partial charge in [0.15, 0.2) is 0 Å². The summed E-state index contributed by atoms with van der Waals surface area (Å²) in [6.45, 7) is 7.46. The minimum Gasteiger partial charge on any atom is -0.380 e. The third-order valence-electron chi connectivity index (χ3n) is 4.36. The van der Waals surface area contributed by atoms with Crippen LogP contribution in [-0.2, 0) is 10.4 Å². The van der Waals surface area contributed by atoms with Crippen molar-refractivity contribution in [3.63, 3.8) is 0 Å². The van der Waals surface area contributed by atoms with Gasteiger partial charge in [0.25, 0.3) is 0 Å². The van der Waals surface area contributed by atoms with Gasteiger partial charge in [0.05, 0.1) is 5.92 Å². The zero-order valence-electron chi connectivity index (χ0n) is 14.9. The van der Waals surface area contributed by atoms with Crippen LogP contribution in [0.1, 0.15) is 38.8 Å². The first-order valence-electron chi connectivity index (χ1n) is 8.31. The van der Waals surface area contributed by atoms with Crippen molar-refractivity contribution in [3.05, 3.63) is 77.9 Å². The van der Waals surface area contributed by atoms with Crippen LogP contribution < -0.4 is 0 Å². The molecule has 2 heteroatoms. The first-order valence-corrected chi connectivity index (χ1v) is 8.31. The lowest BCUT2D eigenvalue weighted by Crippen LogP contribution is -2.41. The molecule has 0 heterocycles. The monoisotopic (exact) mass is 322 g/mol. The topological polar surface area (TPSA) is 37.3 Å². The molecule has 0 aliphatic heterocycles. The fraction of sp³-hybridized carbons (Fsp3) is 0.318. The molecule has 2 rings (SSSR count). The lowest BCUT2D eigenvalue weighted by Gasteiger charge is -2.34. The number of carbonyl (C=O) groups is 1. The summed E-state index contributed by atoms with van der Waals surface area (Å²) >= 11 is 0. The van der Waals surface area contributed by atoms with E-state index in [4.69, 9.17) is 0 Å². The van der Waals surface area contributed by atoms with Crippen molar-refractivity contribution < 1.29 is 9.90 Å². The van der Waals surface area contributed by atoms with Crippen LogP contribution in [0.4, 0.5) is 0 Å². The minimum atomic E-state index is -1.35. The number of carbonyl (C=O) groups excluding carboxylic acids is 1. The molecule has 2 nitrogen and oxygen atoms in total. The van der Waals surface area contributed by atoms with Gasteiger partial charge in [-0.15, -0.1) is 0 Å². The summed E-state index contributed by atoms with van der Waals surface area (Å²) in [5.41, 5.74) is -0.144. The summed E-state index contributed by atoms with van der Waals surface area (Å²) < 4.78 is 0. The van der Waals surface area contributed by atoms with E-state index < -0.39 is 16.9 Å². The first-order chi connectivity index (χ1) is 11.2. The maximum absolute atomic E-state index is 12.8. The third kappa shape index (κ3) is 4.01. The molecule has 0 fully saturated rings. The number of ketones is 1. The summed E-state index contributed by atoms with van der Waals surface area (Å²) in [5, 5.41) is 11.4. The highest BCUT2D eigenvalue weighted by Gasteiger charge is 2.41. The molecule has 0 saturated carbocycles. The number of benzene rings is 2. The Morgan fingerprint density at radius 3 is 1.96 bits per heavy atom. The molecule has 0 aromatic heterocycles. The van der Waals surface area contributed by atoms with E-state index in [0.717, 1.165) is 11.1 Å². The van der Waals surface area contributed by atoms with Crippen LogP contribution in [0.25, 0.3) is 6.08 Å². The Labute approximate surface area is 144 Å². The van der Waals surface area contributed by atoms with Gasteiger partial charge < -0.3 is 5.11 Å². The molecule has 0 bridgehead atoms. The molecule has 126 valence electrons. The van der Waals surface area contributed by atoms with E-state index in [1.165, 1.54) is 0 Å². The van der Waals surface area contributed by atoms with Crippen molar-refractivity contribution in [1.29, 1.82) is 0 Å². The van der Waals surface area contributed by atoms with Gasteiger partial charge in [0.2, 0.25) is 0 Å². The molecule has 0 unspecified atom stereocenters. The molecule has 0 spiro atoms. The highest BCUT2D eigenvalue weighted by atomic mass is 16.3. The number of aliphatic hydroxyl groups is 1. The summed E-state index contributed by atoms with van der Waals surface area (Å²) in [7, 11) is 0. The van der Waals surface area contributed by atoms with Gasteiger partial charge >= 0.3 is 0 Å². The van der Waals surface area contributed by atoms with Gasteiger partial charge in [-0.3, -0.25) is 4.79 Å². The van der Waals surface area contributed by atoms with Crippen LogP contribution in [0, 0.1) is 11.3 Å². The molecule has 1 N–H and O–H groups in total. The maximum Gasteiger partial charge on any atom is 0.144 e. The third-order valence-corrected chi connectivity index (χ3v) is 4.36. The Morgan fingerprint density at radius 2 is 1.46 bits per heavy atom. The largest absolute Gasteiger partial charge is 0.380 e. The molecule has 0 saturated heterocycles. The molecule has 2 atom stereocenters. The van der Waals surface area contributed by atoms with E-state index in [2.05, 4.69) is 0 Å². The van der Waals surface area contributed by atoms with Gasteiger partial charge in [-0.1, -0.05) is 94.4 Å². The highest BCUT2D eigenvalue weighted by Crippen LogP contribution is 2.36. The normalized spacial score (nSPS) is 15.9. The molecular formula is C22H26O2. The molecule has 0 amide bonds. The second-order valence-corrected chi connectivity index (χ2v) is 7.27. The Kier molecular flexibility index (Phi) is 5.40. The van der Waals surface area contributed by atoms with Gasteiger partial charge in [-0.25, -0.2) is 0 Å². The van der Waals surface area contributed by atoms with Crippen LogP contribution >= 0.6 is 0 Å². The summed E-state index contributed by atoms with van der Waals surface area (Å²) in [5.74, 6) is -0.522. The lowest BCUT2D eigenvalue weighted by molar-refractivity contribution is -0.136. The second-order valence-electron chi connectivity index (χ2n) is 7.27. The Hall–Kier alpha value is -2.19. The average molecular weight is 322 g/mol. The second kappa shape index (κ2) is 7.14. The Balaban J connectivity index is 2.46. The lowest BCUT2D eigenvalue weighted by atomic mass is 9.72. The fourth-order valence-electron chi connectivity index (χ4n) is 2.83. The van der Waals surface area contributed by atoms with E-state index in [0.29, 0.717) is 0 Å². The van der Waals surface area contributed by atoms with Gasteiger partial charge in [0, 0.05) is 5.41 Å². The van der Waals surface area contributed by atoms with Gasteiger partial charge in [-0.05, 0) is 17.2 Å². The van der Waals surface area contributed by atoms with Crippen LogP contribution in [0.15, 0.2) is 66.7 Å². The van der Waals surface area contributed by atoms with E-state index in [-0.39, 0.29) is 5.78 Å². The molecule has 2 aromatic rings. The zero-order valence-corrected chi connectivity index (χ0v) is 14.9. The van der Waals surface area contributed by atoms with Gasteiger partial charge in [0.1, 0.15) is 11.4 Å². The smallest absolute Gasteiger partial charge is 0.144 e. The van der Waals surface area contributed by atoms with Crippen molar-refractivity contribution in [3.8, 4) is 0 Å². The predicted molar refractivity (Wildman–Crippen MR) is 99.4 cm³/mol.